The average Bonchev–Trinajstić information content (AvgIpc) is 3.90. The fourth-order valence-corrected chi connectivity index (χ4v) is 12.3. The number of aromatic nitrogens is 2. The van der Waals surface area contributed by atoms with Gasteiger partial charge in [-0.15, -0.1) is 0 Å². The lowest BCUT2D eigenvalue weighted by molar-refractivity contribution is 0.744. The normalized spacial score (nSPS) is 15.1. The van der Waals surface area contributed by atoms with Crippen LogP contribution < -0.4 is 0 Å². The highest BCUT2D eigenvalue weighted by Crippen LogP contribution is 2.58. The molecule has 65 heavy (non-hydrogen) atoms. The summed E-state index contributed by atoms with van der Waals surface area (Å²) in [5, 5.41) is 5.14. The maximum Gasteiger partial charge on any atom is 0.0702 e. The van der Waals surface area contributed by atoms with Crippen molar-refractivity contribution < 1.29 is 0 Å². The van der Waals surface area contributed by atoms with Crippen molar-refractivity contribution in [1.82, 2.24) is 9.13 Å². The number of hydrogen-bond donors (Lipinski definition) is 0. The molecule has 0 saturated carbocycles. The molecule has 0 unspecified atom stereocenters. The molecule has 3 aliphatic rings. The summed E-state index contributed by atoms with van der Waals surface area (Å²) >= 11 is 0. The topological polar surface area (TPSA) is 9.86 Å². The van der Waals surface area contributed by atoms with E-state index in [2.05, 4.69) is 252 Å². The molecule has 0 amide bonds. The van der Waals surface area contributed by atoms with Crippen LogP contribution in [-0.4, -0.2) is 9.13 Å². The Balaban J connectivity index is 0.987. The Morgan fingerprint density at radius 2 is 0.723 bits per heavy atom. The monoisotopic (exact) mass is 826 g/mol. The van der Waals surface area contributed by atoms with Crippen molar-refractivity contribution in [3.8, 4) is 11.4 Å². The molecule has 0 saturated heterocycles. The van der Waals surface area contributed by atoms with Crippen molar-refractivity contribution in [2.24, 2.45) is 0 Å². The summed E-state index contributed by atoms with van der Waals surface area (Å²) < 4.78 is 4.99. The molecular weight excluding hydrogens is 785 g/mol. The van der Waals surface area contributed by atoms with Crippen LogP contribution in [0.2, 0.25) is 0 Å². The fourth-order valence-electron chi connectivity index (χ4n) is 12.3. The number of rotatable bonds is 6. The number of fused-ring (bicyclic) bond motifs is 6. The van der Waals surface area contributed by atoms with Crippen LogP contribution in [0, 0.1) is 0 Å². The molecule has 2 heterocycles. The highest BCUT2D eigenvalue weighted by molar-refractivity contribution is 6.14. The Morgan fingerprint density at radius 3 is 1.34 bits per heavy atom. The first-order chi connectivity index (χ1) is 32.3. The van der Waals surface area contributed by atoms with E-state index < -0.39 is 5.41 Å². The van der Waals surface area contributed by atoms with Gasteiger partial charge in [0, 0.05) is 44.8 Å². The smallest absolute Gasteiger partial charge is 0.0702 e. The number of benzene rings is 10. The lowest BCUT2D eigenvalue weighted by atomic mass is 9.60. The molecule has 0 fully saturated rings. The van der Waals surface area contributed by atoms with Gasteiger partial charge in [-0.1, -0.05) is 194 Å². The molecule has 0 N–H and O–H groups in total. The van der Waals surface area contributed by atoms with E-state index in [9.17, 15) is 0 Å². The van der Waals surface area contributed by atoms with Crippen LogP contribution in [0.1, 0.15) is 67.5 Å². The quantitative estimate of drug-likeness (QED) is 0.148. The first-order valence-electron chi connectivity index (χ1n) is 22.8. The SMILES string of the molecule is c1ccc(C(c2ccccc2)(c2ccccc2)c2cccc(-n3c4ccccc4c4cc(-n5c6ccccc6c6c7c(ccc65)C5c6ccccc6C7c6ccccc65)ccc43)c2)cc1. The fraction of sp³-hybridized carbons (Fsp3) is 0.0476. The Labute approximate surface area is 377 Å². The van der Waals surface area contributed by atoms with Gasteiger partial charge in [0.15, 0.2) is 0 Å². The molecule has 0 spiro atoms. The summed E-state index contributed by atoms with van der Waals surface area (Å²) in [6.45, 7) is 0. The van der Waals surface area contributed by atoms with E-state index >= 15 is 0 Å². The second kappa shape index (κ2) is 13.9. The summed E-state index contributed by atoms with van der Waals surface area (Å²) in [4.78, 5) is 0. The van der Waals surface area contributed by atoms with Crippen LogP contribution >= 0.6 is 0 Å². The number of nitrogens with zero attached hydrogens (tertiary/aromatic N) is 2. The highest BCUT2D eigenvalue weighted by atomic mass is 15.0. The van der Waals surface area contributed by atoms with E-state index in [0.29, 0.717) is 0 Å². The molecule has 0 atom stereocenters. The molecule has 15 rings (SSSR count). The first kappa shape index (κ1) is 36.3. The van der Waals surface area contributed by atoms with Crippen LogP contribution in [0.3, 0.4) is 0 Å². The third kappa shape index (κ3) is 5.00. The zero-order valence-corrected chi connectivity index (χ0v) is 35.6. The molecule has 304 valence electrons. The molecule has 12 aromatic rings. The highest BCUT2D eigenvalue weighted by Gasteiger charge is 2.43. The van der Waals surface area contributed by atoms with Crippen LogP contribution in [-0.2, 0) is 5.41 Å². The number of para-hydroxylation sites is 2. The van der Waals surface area contributed by atoms with Crippen LogP contribution in [0.15, 0.2) is 243 Å². The maximum absolute atomic E-state index is 2.52. The van der Waals surface area contributed by atoms with Gasteiger partial charge in [-0.25, -0.2) is 0 Å². The second-order valence-corrected chi connectivity index (χ2v) is 17.9. The third-order valence-electron chi connectivity index (χ3n) is 14.8. The van der Waals surface area contributed by atoms with Crippen molar-refractivity contribution in [3.05, 3.63) is 298 Å². The third-order valence-corrected chi connectivity index (χ3v) is 14.8. The second-order valence-electron chi connectivity index (χ2n) is 17.9. The van der Waals surface area contributed by atoms with Crippen molar-refractivity contribution in [2.75, 3.05) is 0 Å². The summed E-state index contributed by atoms with van der Waals surface area (Å²) in [5.74, 6) is 0.416. The van der Waals surface area contributed by atoms with Crippen LogP contribution in [0.25, 0.3) is 55.0 Å². The molecule has 2 heteroatoms. The minimum absolute atomic E-state index is 0.186. The Morgan fingerprint density at radius 1 is 0.277 bits per heavy atom. The molecule has 2 bridgehead atoms. The minimum atomic E-state index is -0.550. The Kier molecular flexibility index (Phi) is 7.76. The maximum atomic E-state index is 2.52. The molecule has 3 aliphatic carbocycles. The van der Waals surface area contributed by atoms with Gasteiger partial charge in [0.25, 0.3) is 0 Å². The average molecular weight is 827 g/mol. The van der Waals surface area contributed by atoms with Gasteiger partial charge >= 0.3 is 0 Å². The van der Waals surface area contributed by atoms with E-state index in [1.165, 1.54) is 105 Å². The van der Waals surface area contributed by atoms with Crippen LogP contribution in [0.4, 0.5) is 0 Å². The van der Waals surface area contributed by atoms with E-state index in [1.807, 2.05) is 0 Å². The Hall–Kier alpha value is -8.20. The first-order valence-corrected chi connectivity index (χ1v) is 22.8. The molecule has 2 nitrogen and oxygen atoms in total. The zero-order valence-electron chi connectivity index (χ0n) is 35.6. The van der Waals surface area contributed by atoms with E-state index in [0.717, 1.165) is 5.69 Å². The largest absolute Gasteiger partial charge is 0.309 e. The molecule has 10 aromatic carbocycles. The standard InChI is InChI=1S/C63H42N2/c1-4-19-41(20-5-1)63(42-21-6-2-7-22-42,43-23-8-3-9-24-43)44-25-18-26-45(39-44)64-55-33-16-14-27-47(55)54-40-46(35-37-57(54)64)65-56-34-17-15-32-52(56)61-58(65)38-36-53-59-48-28-10-12-30-50(48)60(62(53)61)51-31-13-11-29-49(51)59/h1-40,59-60H. The summed E-state index contributed by atoms with van der Waals surface area (Å²) in [6, 6.07) is 90.5. The predicted octanol–water partition coefficient (Wildman–Crippen LogP) is 15.3. The molecular formula is C63H42N2. The number of hydrogen-bond acceptors (Lipinski definition) is 0. The summed E-state index contributed by atoms with van der Waals surface area (Å²) in [6.07, 6.45) is 0. The van der Waals surface area contributed by atoms with Crippen LogP contribution in [0.5, 0.6) is 0 Å². The van der Waals surface area contributed by atoms with Gasteiger partial charge in [-0.2, -0.15) is 0 Å². The van der Waals surface area contributed by atoms with Gasteiger partial charge in [0.05, 0.1) is 27.5 Å². The van der Waals surface area contributed by atoms with Gasteiger partial charge in [0.2, 0.25) is 0 Å². The van der Waals surface area contributed by atoms with Crippen molar-refractivity contribution >= 4 is 43.6 Å². The van der Waals surface area contributed by atoms with E-state index in [4.69, 9.17) is 0 Å². The Bertz CT molecular complexity index is 3690. The zero-order chi connectivity index (χ0) is 42.6. The van der Waals surface area contributed by atoms with Crippen molar-refractivity contribution in [1.29, 1.82) is 0 Å². The summed E-state index contributed by atoms with van der Waals surface area (Å²) in [5.41, 5.74) is 20.2. The minimum Gasteiger partial charge on any atom is -0.309 e. The molecule has 0 aliphatic heterocycles. The van der Waals surface area contributed by atoms with Gasteiger partial charge in [-0.05, 0) is 104 Å². The lowest BCUT2D eigenvalue weighted by Crippen LogP contribution is -2.31. The van der Waals surface area contributed by atoms with E-state index in [-0.39, 0.29) is 11.8 Å². The van der Waals surface area contributed by atoms with Crippen molar-refractivity contribution in [3.63, 3.8) is 0 Å². The van der Waals surface area contributed by atoms with Gasteiger partial charge in [-0.3, -0.25) is 0 Å². The molecule has 2 aromatic heterocycles. The molecule has 0 radical (unpaired) electrons. The van der Waals surface area contributed by atoms with E-state index in [1.54, 1.807) is 0 Å². The van der Waals surface area contributed by atoms with Gasteiger partial charge in [0.1, 0.15) is 0 Å². The lowest BCUT2D eigenvalue weighted by Gasteiger charge is -2.42. The predicted molar refractivity (Wildman–Crippen MR) is 268 cm³/mol. The summed E-state index contributed by atoms with van der Waals surface area (Å²) in [7, 11) is 0. The van der Waals surface area contributed by atoms with Crippen molar-refractivity contribution in [2.45, 2.75) is 17.3 Å². The van der Waals surface area contributed by atoms with Gasteiger partial charge < -0.3 is 9.13 Å².